The molecule has 0 spiro atoms. The molecule has 0 unspecified atom stereocenters. The Balaban J connectivity index is 1.43. The number of anilines is 1. The van der Waals surface area contributed by atoms with Gasteiger partial charge in [-0.15, -0.1) is 11.3 Å². The van der Waals surface area contributed by atoms with Crippen LogP contribution in [0.25, 0.3) is 0 Å². The third-order valence-electron chi connectivity index (χ3n) is 5.06. The molecule has 0 aliphatic carbocycles. The van der Waals surface area contributed by atoms with Gasteiger partial charge in [0, 0.05) is 48.0 Å². The van der Waals surface area contributed by atoms with Crippen molar-refractivity contribution in [2.45, 2.75) is 11.3 Å². The van der Waals surface area contributed by atoms with Crippen LogP contribution in [0.3, 0.4) is 0 Å². The van der Waals surface area contributed by atoms with Crippen LogP contribution < -0.4 is 4.90 Å². The Morgan fingerprint density at radius 1 is 1.10 bits per heavy atom. The summed E-state index contributed by atoms with van der Waals surface area (Å²) in [5.41, 5.74) is 2.02. The highest BCUT2D eigenvalue weighted by Gasteiger charge is 2.31. The molecule has 0 saturated carbocycles. The van der Waals surface area contributed by atoms with Gasteiger partial charge < -0.3 is 4.90 Å². The average Bonchev–Trinajstić information content (AvgIpc) is 3.24. The molecule has 1 saturated heterocycles. The highest BCUT2D eigenvalue weighted by Crippen LogP contribution is 2.28. The van der Waals surface area contributed by atoms with Crippen molar-refractivity contribution >= 4 is 49.7 Å². The van der Waals surface area contributed by atoms with E-state index < -0.39 is 10.0 Å². The average molecular weight is 493 g/mol. The quantitative estimate of drug-likeness (QED) is 0.526. The smallest absolute Gasteiger partial charge is 0.244 e. The summed E-state index contributed by atoms with van der Waals surface area (Å²) in [6, 6.07) is 13.7. The summed E-state index contributed by atoms with van der Waals surface area (Å²) in [6.45, 7) is 1.73. The number of hydrogen-bond acceptors (Lipinski definition) is 6. The Bertz CT molecular complexity index is 1250. The monoisotopic (exact) mass is 492 g/mol. The summed E-state index contributed by atoms with van der Waals surface area (Å²) < 4.78 is 27.4. The van der Waals surface area contributed by atoms with Crippen molar-refractivity contribution in [2.24, 2.45) is 0 Å². The highest BCUT2D eigenvalue weighted by molar-refractivity contribution is 7.89. The molecule has 4 rings (SSSR count). The summed E-state index contributed by atoms with van der Waals surface area (Å²) in [5.74, 6) is 0. The van der Waals surface area contributed by atoms with Crippen molar-refractivity contribution in [3.05, 3.63) is 74.7 Å². The van der Waals surface area contributed by atoms with Gasteiger partial charge in [-0.3, -0.25) is 0 Å². The van der Waals surface area contributed by atoms with Gasteiger partial charge in [-0.25, -0.2) is 13.4 Å². The first-order valence-corrected chi connectivity index (χ1v) is 12.6. The van der Waals surface area contributed by atoms with E-state index in [1.54, 1.807) is 24.3 Å². The van der Waals surface area contributed by atoms with E-state index in [9.17, 15) is 13.7 Å². The summed E-state index contributed by atoms with van der Waals surface area (Å²) in [6.07, 6.45) is 0.603. The summed E-state index contributed by atoms with van der Waals surface area (Å²) >= 11 is 13.8. The predicted molar refractivity (Wildman–Crippen MR) is 124 cm³/mol. The molecular weight excluding hydrogens is 475 g/mol. The predicted octanol–water partition coefficient (Wildman–Crippen LogP) is 4.42. The maximum atomic E-state index is 13.0. The fraction of sp³-hybridized carbons (Fsp3) is 0.238. The molecule has 31 heavy (non-hydrogen) atoms. The SMILES string of the molecule is N#Cc1ccccc1S(=O)(=O)N1CCN(c2nc(Cc3ccc(Cl)cc3Cl)cs2)CC1. The number of halogens is 2. The minimum absolute atomic E-state index is 0.0577. The van der Waals surface area contributed by atoms with Gasteiger partial charge in [0.2, 0.25) is 10.0 Å². The third kappa shape index (κ3) is 4.71. The summed E-state index contributed by atoms with van der Waals surface area (Å²) in [7, 11) is -3.71. The van der Waals surface area contributed by atoms with Crippen LogP contribution >= 0.6 is 34.5 Å². The lowest BCUT2D eigenvalue weighted by Gasteiger charge is -2.33. The minimum Gasteiger partial charge on any atom is -0.345 e. The minimum atomic E-state index is -3.71. The van der Waals surface area contributed by atoms with Gasteiger partial charge in [0.15, 0.2) is 5.13 Å². The third-order valence-corrected chi connectivity index (χ3v) is 8.55. The Morgan fingerprint density at radius 2 is 1.84 bits per heavy atom. The number of thiazole rings is 1. The van der Waals surface area contributed by atoms with Gasteiger partial charge >= 0.3 is 0 Å². The van der Waals surface area contributed by atoms with E-state index in [0.717, 1.165) is 16.4 Å². The van der Waals surface area contributed by atoms with E-state index in [1.165, 1.54) is 27.8 Å². The molecule has 0 bridgehead atoms. The Morgan fingerprint density at radius 3 is 2.55 bits per heavy atom. The number of rotatable bonds is 5. The molecule has 1 aliphatic rings. The molecule has 1 aromatic heterocycles. The maximum Gasteiger partial charge on any atom is 0.244 e. The molecule has 2 heterocycles. The molecule has 10 heteroatoms. The largest absolute Gasteiger partial charge is 0.345 e. The first-order chi connectivity index (χ1) is 14.9. The van der Waals surface area contributed by atoms with Crippen LogP contribution in [0, 0.1) is 11.3 Å². The van der Waals surface area contributed by atoms with Crippen molar-refractivity contribution < 1.29 is 8.42 Å². The van der Waals surface area contributed by atoms with E-state index in [1.807, 2.05) is 17.5 Å². The molecule has 1 fully saturated rings. The van der Waals surface area contributed by atoms with Crippen LogP contribution in [0.1, 0.15) is 16.8 Å². The lowest BCUT2D eigenvalue weighted by atomic mass is 10.1. The zero-order chi connectivity index (χ0) is 22.0. The summed E-state index contributed by atoms with van der Waals surface area (Å²) in [5, 5.41) is 13.3. The molecule has 0 N–H and O–H groups in total. The second kappa shape index (κ2) is 9.15. The molecular formula is C21H18Cl2N4O2S2. The number of sulfonamides is 1. The van der Waals surface area contributed by atoms with E-state index >= 15 is 0 Å². The lowest BCUT2D eigenvalue weighted by Crippen LogP contribution is -2.48. The highest BCUT2D eigenvalue weighted by atomic mass is 35.5. The van der Waals surface area contributed by atoms with Crippen LogP contribution in [-0.2, 0) is 16.4 Å². The normalized spacial score (nSPS) is 15.1. The van der Waals surface area contributed by atoms with Crippen molar-refractivity contribution in [1.82, 2.24) is 9.29 Å². The standard InChI is InChI=1S/C21H18Cl2N4O2S2/c22-17-6-5-15(19(23)12-17)11-18-14-30-21(25-18)26-7-9-27(10-8-26)31(28,29)20-4-2-1-3-16(20)13-24/h1-6,12,14H,7-11H2. The molecule has 3 aromatic rings. The molecule has 0 atom stereocenters. The Labute approximate surface area is 195 Å². The van der Waals surface area contributed by atoms with Gasteiger partial charge in [-0.1, -0.05) is 41.4 Å². The van der Waals surface area contributed by atoms with Crippen molar-refractivity contribution in [2.75, 3.05) is 31.1 Å². The van der Waals surface area contributed by atoms with Gasteiger partial charge in [-0.2, -0.15) is 9.57 Å². The van der Waals surface area contributed by atoms with E-state index in [-0.39, 0.29) is 10.5 Å². The fourth-order valence-corrected chi connectivity index (χ4v) is 6.34. The molecule has 0 amide bonds. The molecule has 6 nitrogen and oxygen atoms in total. The van der Waals surface area contributed by atoms with Crippen molar-refractivity contribution in [1.29, 1.82) is 5.26 Å². The van der Waals surface area contributed by atoms with Crippen LogP contribution in [-0.4, -0.2) is 43.9 Å². The number of nitriles is 1. The Hall–Kier alpha value is -2.15. The second-order valence-corrected chi connectivity index (χ2v) is 10.6. The van der Waals surface area contributed by atoms with E-state index in [0.29, 0.717) is 42.6 Å². The van der Waals surface area contributed by atoms with Crippen LogP contribution in [0.2, 0.25) is 10.0 Å². The van der Waals surface area contributed by atoms with Gasteiger partial charge in [0.1, 0.15) is 6.07 Å². The summed E-state index contributed by atoms with van der Waals surface area (Å²) in [4.78, 5) is 6.85. The Kier molecular flexibility index (Phi) is 6.51. The number of aromatic nitrogens is 1. The zero-order valence-electron chi connectivity index (χ0n) is 16.3. The lowest BCUT2D eigenvalue weighted by molar-refractivity contribution is 0.384. The number of benzene rings is 2. The first-order valence-electron chi connectivity index (χ1n) is 9.51. The molecule has 160 valence electrons. The maximum absolute atomic E-state index is 13.0. The fourth-order valence-electron chi connectivity index (χ4n) is 3.43. The first kappa shape index (κ1) is 22.1. The van der Waals surface area contributed by atoms with Crippen molar-refractivity contribution in [3.63, 3.8) is 0 Å². The van der Waals surface area contributed by atoms with Crippen LogP contribution in [0.15, 0.2) is 52.7 Å². The van der Waals surface area contributed by atoms with Crippen molar-refractivity contribution in [3.8, 4) is 6.07 Å². The van der Waals surface area contributed by atoms with E-state index in [2.05, 4.69) is 4.90 Å². The molecule has 1 aliphatic heterocycles. The van der Waals surface area contributed by atoms with Gasteiger partial charge in [-0.05, 0) is 29.8 Å². The number of piperazine rings is 1. The van der Waals surface area contributed by atoms with Crippen LogP contribution in [0.5, 0.6) is 0 Å². The number of hydrogen-bond donors (Lipinski definition) is 0. The topological polar surface area (TPSA) is 77.3 Å². The van der Waals surface area contributed by atoms with Gasteiger partial charge in [0.25, 0.3) is 0 Å². The molecule has 0 radical (unpaired) electrons. The number of nitrogens with zero attached hydrogens (tertiary/aromatic N) is 4. The van der Waals surface area contributed by atoms with E-state index in [4.69, 9.17) is 28.2 Å². The zero-order valence-corrected chi connectivity index (χ0v) is 19.5. The van der Waals surface area contributed by atoms with Crippen LogP contribution in [0.4, 0.5) is 5.13 Å². The van der Waals surface area contributed by atoms with Gasteiger partial charge in [0.05, 0.1) is 16.2 Å². The molecule has 2 aromatic carbocycles. The second-order valence-electron chi connectivity index (χ2n) is 7.03.